The molecule has 200 valence electrons. The highest BCUT2D eigenvalue weighted by Crippen LogP contribution is 2.50. The van der Waals surface area contributed by atoms with Gasteiger partial charge in [-0.2, -0.15) is 0 Å². The number of hydrogen-bond donors (Lipinski definition) is 0. The molecule has 0 aromatic heterocycles. The quantitative estimate of drug-likeness (QED) is 0.387. The molecule has 0 unspecified atom stereocenters. The first-order chi connectivity index (χ1) is 18.5. The minimum Gasteiger partial charge on any atom is -0.493 e. The maximum atomic E-state index is 13.6. The van der Waals surface area contributed by atoms with E-state index < -0.39 is 5.92 Å². The molecule has 0 amide bonds. The molecule has 3 aliphatic rings. The van der Waals surface area contributed by atoms with Gasteiger partial charge in [-0.15, -0.1) is 0 Å². The maximum absolute atomic E-state index is 13.6. The molecule has 7 heteroatoms. The number of hydrogen-bond acceptors (Lipinski definition) is 6. The molecule has 2 aliphatic carbocycles. The van der Waals surface area contributed by atoms with Crippen LogP contribution < -0.4 is 9.47 Å². The lowest BCUT2D eigenvalue weighted by atomic mass is 9.71. The molecule has 0 bridgehead atoms. The number of allylic oxidation sites excluding steroid dienone is 4. The zero-order chi connectivity index (χ0) is 26.6. The van der Waals surface area contributed by atoms with Gasteiger partial charge in [0.25, 0.3) is 0 Å². The molecular formula is C31H34FNO5. The van der Waals surface area contributed by atoms with Crippen LogP contribution in [0.2, 0.25) is 0 Å². The highest BCUT2D eigenvalue weighted by Gasteiger charge is 2.43. The highest BCUT2D eigenvalue weighted by molar-refractivity contribution is 6.06. The van der Waals surface area contributed by atoms with Crippen LogP contribution in [-0.4, -0.2) is 43.8 Å². The number of ketones is 2. The van der Waals surface area contributed by atoms with Gasteiger partial charge in [0.2, 0.25) is 0 Å². The Balaban J connectivity index is 1.53. The minimum absolute atomic E-state index is 0.114. The second-order valence-electron chi connectivity index (χ2n) is 10.0. The van der Waals surface area contributed by atoms with Gasteiger partial charge in [-0.25, -0.2) is 4.39 Å². The van der Waals surface area contributed by atoms with Crippen molar-refractivity contribution in [2.24, 2.45) is 0 Å². The zero-order valence-electron chi connectivity index (χ0n) is 22.1. The van der Waals surface area contributed by atoms with E-state index in [0.29, 0.717) is 36.5 Å². The molecule has 0 N–H and O–H groups in total. The standard InChI is InChI=1S/C31H34FNO5/c1-36-16-6-15-33-23-9-4-11-25(34)30(23)29(31-24(33)10-5-12-26(31)35)21-13-14-27(28(18-21)37-2)38-19-20-7-3-8-22(32)17-20/h3,7-8,13-14,17-18,29H,4-6,9-12,15-16,19H2,1-2H3. The number of carbonyl (C=O) groups is 2. The van der Waals surface area contributed by atoms with Gasteiger partial charge in [-0.3, -0.25) is 9.59 Å². The van der Waals surface area contributed by atoms with E-state index in [9.17, 15) is 14.0 Å². The summed E-state index contributed by atoms with van der Waals surface area (Å²) in [4.78, 5) is 29.1. The average molecular weight is 520 g/mol. The van der Waals surface area contributed by atoms with E-state index in [2.05, 4.69) is 4.90 Å². The monoisotopic (exact) mass is 519 g/mol. The summed E-state index contributed by atoms with van der Waals surface area (Å²) < 4.78 is 30.5. The van der Waals surface area contributed by atoms with E-state index in [1.807, 2.05) is 18.2 Å². The van der Waals surface area contributed by atoms with Crippen molar-refractivity contribution in [3.8, 4) is 11.5 Å². The van der Waals surface area contributed by atoms with Crippen molar-refractivity contribution in [3.63, 3.8) is 0 Å². The summed E-state index contributed by atoms with van der Waals surface area (Å²) in [5.74, 6) is 0.532. The smallest absolute Gasteiger partial charge is 0.161 e. The Kier molecular flexibility index (Phi) is 7.93. The largest absolute Gasteiger partial charge is 0.493 e. The van der Waals surface area contributed by atoms with E-state index >= 15 is 0 Å². The topological polar surface area (TPSA) is 65.1 Å². The first-order valence-corrected chi connectivity index (χ1v) is 13.4. The highest BCUT2D eigenvalue weighted by atomic mass is 19.1. The summed E-state index contributed by atoms with van der Waals surface area (Å²) in [5, 5.41) is 0. The van der Waals surface area contributed by atoms with E-state index in [4.69, 9.17) is 14.2 Å². The van der Waals surface area contributed by atoms with Gasteiger partial charge in [-0.05, 0) is 67.5 Å². The minimum atomic E-state index is -0.412. The van der Waals surface area contributed by atoms with Gasteiger partial charge in [0.15, 0.2) is 23.1 Å². The molecule has 5 rings (SSSR count). The van der Waals surface area contributed by atoms with Crippen LogP contribution in [0.4, 0.5) is 4.39 Å². The Labute approximate surface area is 223 Å². The molecule has 0 fully saturated rings. The molecule has 38 heavy (non-hydrogen) atoms. The Morgan fingerprint density at radius 1 is 0.895 bits per heavy atom. The molecule has 0 atom stereocenters. The van der Waals surface area contributed by atoms with Crippen LogP contribution >= 0.6 is 0 Å². The summed E-state index contributed by atoms with van der Waals surface area (Å²) in [5.41, 5.74) is 5.17. The maximum Gasteiger partial charge on any atom is 0.161 e. The lowest BCUT2D eigenvalue weighted by molar-refractivity contribution is -0.117. The van der Waals surface area contributed by atoms with Crippen molar-refractivity contribution >= 4 is 11.6 Å². The van der Waals surface area contributed by atoms with Crippen molar-refractivity contribution in [2.75, 3.05) is 27.4 Å². The molecular weight excluding hydrogens is 485 g/mol. The van der Waals surface area contributed by atoms with Gasteiger partial charge in [0.05, 0.1) is 7.11 Å². The van der Waals surface area contributed by atoms with Gasteiger partial charge < -0.3 is 19.1 Å². The molecule has 2 aromatic carbocycles. The SMILES string of the molecule is COCCCN1C2=C(C(=O)CCC2)C(c2ccc(OCc3cccc(F)c3)c(OC)c2)C2=C1CCCC2=O. The fraction of sp³-hybridized carbons (Fsp3) is 0.419. The van der Waals surface area contributed by atoms with Crippen molar-refractivity contribution in [2.45, 2.75) is 57.5 Å². The third kappa shape index (κ3) is 5.12. The van der Waals surface area contributed by atoms with Crippen LogP contribution in [0.25, 0.3) is 0 Å². The van der Waals surface area contributed by atoms with Crippen LogP contribution in [0, 0.1) is 5.82 Å². The van der Waals surface area contributed by atoms with Gasteiger partial charge >= 0.3 is 0 Å². The number of benzene rings is 2. The molecule has 0 saturated heterocycles. The van der Waals surface area contributed by atoms with E-state index in [0.717, 1.165) is 66.8 Å². The van der Waals surface area contributed by atoms with E-state index in [1.54, 1.807) is 26.4 Å². The fourth-order valence-corrected chi connectivity index (χ4v) is 5.96. The van der Waals surface area contributed by atoms with Crippen molar-refractivity contribution in [1.82, 2.24) is 4.90 Å². The summed E-state index contributed by atoms with van der Waals surface area (Å²) in [6, 6.07) is 11.9. The fourth-order valence-electron chi connectivity index (χ4n) is 5.96. The number of nitrogens with zero attached hydrogens (tertiary/aromatic N) is 1. The third-order valence-electron chi connectivity index (χ3n) is 7.62. The van der Waals surface area contributed by atoms with Crippen LogP contribution in [0.1, 0.15) is 62.0 Å². The molecule has 1 aliphatic heterocycles. The summed E-state index contributed by atoms with van der Waals surface area (Å²) >= 11 is 0. The second kappa shape index (κ2) is 11.5. The van der Waals surface area contributed by atoms with Gasteiger partial charge in [0, 0.05) is 61.6 Å². The van der Waals surface area contributed by atoms with Crippen molar-refractivity contribution in [1.29, 1.82) is 0 Å². The Hall–Kier alpha value is -3.45. The molecule has 0 spiro atoms. The number of ether oxygens (including phenoxy) is 3. The number of methoxy groups -OCH3 is 2. The van der Waals surface area contributed by atoms with Gasteiger partial charge in [0.1, 0.15) is 12.4 Å². The lowest BCUT2D eigenvalue weighted by Gasteiger charge is -2.44. The molecule has 2 aromatic rings. The van der Waals surface area contributed by atoms with Crippen LogP contribution in [0.5, 0.6) is 11.5 Å². The predicted molar refractivity (Wildman–Crippen MR) is 141 cm³/mol. The number of Topliss-reactive ketones (excluding diaryl/α,β-unsaturated/α-hetero) is 2. The lowest BCUT2D eigenvalue weighted by Crippen LogP contribution is -2.39. The normalized spacial score (nSPS) is 18.0. The summed E-state index contributed by atoms with van der Waals surface area (Å²) in [7, 11) is 3.26. The second-order valence-corrected chi connectivity index (χ2v) is 10.0. The summed E-state index contributed by atoms with van der Waals surface area (Å²) in [6.45, 7) is 1.55. The number of halogens is 1. The molecule has 0 radical (unpaired) electrons. The van der Waals surface area contributed by atoms with Crippen LogP contribution in [0.15, 0.2) is 65.0 Å². The first kappa shape index (κ1) is 26.2. The van der Waals surface area contributed by atoms with E-state index in [-0.39, 0.29) is 24.0 Å². The predicted octanol–water partition coefficient (Wildman–Crippen LogP) is 5.86. The van der Waals surface area contributed by atoms with Crippen molar-refractivity contribution < 1.29 is 28.2 Å². The van der Waals surface area contributed by atoms with E-state index in [1.165, 1.54) is 12.1 Å². The molecule has 6 nitrogen and oxygen atoms in total. The first-order valence-electron chi connectivity index (χ1n) is 13.4. The van der Waals surface area contributed by atoms with Crippen molar-refractivity contribution in [3.05, 3.63) is 81.9 Å². The number of carbonyl (C=O) groups excluding carboxylic acids is 2. The zero-order valence-corrected chi connectivity index (χ0v) is 22.1. The van der Waals surface area contributed by atoms with Gasteiger partial charge in [-0.1, -0.05) is 18.2 Å². The third-order valence-corrected chi connectivity index (χ3v) is 7.62. The summed E-state index contributed by atoms with van der Waals surface area (Å²) in [6.07, 6.45) is 5.08. The Morgan fingerprint density at radius 3 is 2.24 bits per heavy atom. The Morgan fingerprint density at radius 2 is 1.61 bits per heavy atom. The molecule has 1 heterocycles. The molecule has 0 saturated carbocycles. The van der Waals surface area contributed by atoms with Crippen LogP contribution in [-0.2, 0) is 20.9 Å². The van der Waals surface area contributed by atoms with Crippen LogP contribution in [0.3, 0.4) is 0 Å². The number of rotatable bonds is 9. The average Bonchev–Trinajstić information content (AvgIpc) is 2.92. The Bertz CT molecular complexity index is 1250.